The second kappa shape index (κ2) is 6.96. The summed E-state index contributed by atoms with van der Waals surface area (Å²) in [5.41, 5.74) is 2.07. The fourth-order valence-electron chi connectivity index (χ4n) is 2.75. The quantitative estimate of drug-likeness (QED) is 0.832. The van der Waals surface area contributed by atoms with Gasteiger partial charge in [-0.25, -0.2) is 4.99 Å². The fraction of sp³-hybridized carbons (Fsp3) is 0.250. The highest BCUT2D eigenvalue weighted by molar-refractivity contribution is 8.05. The molecule has 1 N–H and O–H groups in total. The molecule has 0 bridgehead atoms. The minimum atomic E-state index is -0.280. The Hall–Kier alpha value is -2.60. The SMILES string of the molecule is COc1cccc(/C=C2/SC3C=CC(C(=O)NC4CC4)=CC3=NC2=O)c1. The standard InChI is InChI=1S/C20H18N2O3S/c1-25-15-4-2-3-12(9-15)10-18-20(24)22-16-11-13(5-8-17(16)26-18)19(23)21-14-6-7-14/h2-5,8-11,14,17H,6-7H2,1H3,(H,21,23)/b18-10+. The molecule has 2 amide bonds. The summed E-state index contributed by atoms with van der Waals surface area (Å²) in [6.07, 6.45) is 9.36. The molecule has 1 saturated carbocycles. The molecule has 1 unspecified atom stereocenters. The van der Waals surface area contributed by atoms with Crippen LogP contribution in [-0.4, -0.2) is 35.9 Å². The molecule has 26 heavy (non-hydrogen) atoms. The number of methoxy groups -OCH3 is 1. The van der Waals surface area contributed by atoms with Gasteiger partial charge in [0.05, 0.1) is 23.0 Å². The highest BCUT2D eigenvalue weighted by atomic mass is 32.2. The van der Waals surface area contributed by atoms with Crippen LogP contribution in [0.2, 0.25) is 0 Å². The Bertz CT molecular complexity index is 894. The van der Waals surface area contributed by atoms with Gasteiger partial charge in [0.2, 0.25) is 0 Å². The molecular weight excluding hydrogens is 348 g/mol. The molecule has 1 fully saturated rings. The second-order valence-electron chi connectivity index (χ2n) is 6.37. The second-order valence-corrected chi connectivity index (χ2v) is 7.56. The van der Waals surface area contributed by atoms with Crippen molar-refractivity contribution in [2.24, 2.45) is 4.99 Å². The number of hydrogen-bond donors (Lipinski definition) is 1. The van der Waals surface area contributed by atoms with Gasteiger partial charge in [-0.1, -0.05) is 24.3 Å². The van der Waals surface area contributed by atoms with Crippen LogP contribution >= 0.6 is 11.8 Å². The molecule has 6 heteroatoms. The summed E-state index contributed by atoms with van der Waals surface area (Å²) >= 11 is 1.45. The number of carbonyl (C=O) groups is 2. The third-order valence-corrected chi connectivity index (χ3v) is 5.51. The van der Waals surface area contributed by atoms with E-state index >= 15 is 0 Å². The number of rotatable bonds is 4. The Kier molecular flexibility index (Phi) is 4.51. The van der Waals surface area contributed by atoms with Gasteiger partial charge < -0.3 is 10.1 Å². The first kappa shape index (κ1) is 16.8. The monoisotopic (exact) mass is 366 g/mol. The zero-order chi connectivity index (χ0) is 18.1. The minimum absolute atomic E-state index is 0.0537. The molecule has 0 saturated heterocycles. The van der Waals surface area contributed by atoms with Gasteiger partial charge >= 0.3 is 0 Å². The van der Waals surface area contributed by atoms with E-state index in [-0.39, 0.29) is 17.1 Å². The highest BCUT2D eigenvalue weighted by Crippen LogP contribution is 2.34. The lowest BCUT2D eigenvalue weighted by Gasteiger charge is -2.22. The van der Waals surface area contributed by atoms with E-state index in [0.717, 1.165) is 24.2 Å². The first-order valence-corrected chi connectivity index (χ1v) is 9.36. The summed E-state index contributed by atoms with van der Waals surface area (Å²) in [4.78, 5) is 29.4. The molecule has 0 aromatic heterocycles. The van der Waals surface area contributed by atoms with E-state index in [1.807, 2.05) is 42.5 Å². The number of allylic oxidation sites excluding steroid dienone is 1. The lowest BCUT2D eigenvalue weighted by atomic mass is 10.0. The van der Waals surface area contributed by atoms with Gasteiger partial charge in [0.1, 0.15) is 5.75 Å². The number of nitrogens with zero attached hydrogens (tertiary/aromatic N) is 1. The smallest absolute Gasteiger partial charge is 0.283 e. The van der Waals surface area contributed by atoms with Crippen molar-refractivity contribution < 1.29 is 14.3 Å². The molecule has 4 rings (SSSR count). The van der Waals surface area contributed by atoms with Crippen LogP contribution in [0, 0.1) is 0 Å². The van der Waals surface area contributed by atoms with Crippen LogP contribution in [-0.2, 0) is 9.59 Å². The van der Waals surface area contributed by atoms with E-state index in [9.17, 15) is 9.59 Å². The lowest BCUT2D eigenvalue weighted by molar-refractivity contribution is -0.117. The van der Waals surface area contributed by atoms with E-state index in [1.165, 1.54) is 11.8 Å². The number of hydrogen-bond acceptors (Lipinski definition) is 4. The summed E-state index contributed by atoms with van der Waals surface area (Å²) in [5.74, 6) is 0.362. The molecule has 0 radical (unpaired) electrons. The minimum Gasteiger partial charge on any atom is -0.497 e. The van der Waals surface area contributed by atoms with Gasteiger partial charge in [0.25, 0.3) is 11.8 Å². The predicted octanol–water partition coefficient (Wildman–Crippen LogP) is 2.89. The zero-order valence-electron chi connectivity index (χ0n) is 14.3. The van der Waals surface area contributed by atoms with Gasteiger partial charge in [-0.05, 0) is 42.7 Å². The maximum absolute atomic E-state index is 12.4. The number of ether oxygens (including phenoxy) is 1. The Morgan fingerprint density at radius 1 is 1.38 bits per heavy atom. The largest absolute Gasteiger partial charge is 0.497 e. The van der Waals surface area contributed by atoms with Crippen molar-refractivity contribution in [1.82, 2.24) is 5.32 Å². The Balaban J connectivity index is 1.55. The van der Waals surface area contributed by atoms with Crippen LogP contribution in [0.3, 0.4) is 0 Å². The molecular formula is C20H18N2O3S. The van der Waals surface area contributed by atoms with Crippen molar-refractivity contribution in [3.8, 4) is 5.75 Å². The highest BCUT2D eigenvalue weighted by Gasteiger charge is 2.30. The van der Waals surface area contributed by atoms with Crippen molar-refractivity contribution in [3.05, 3.63) is 58.5 Å². The van der Waals surface area contributed by atoms with E-state index in [1.54, 1.807) is 13.2 Å². The summed E-state index contributed by atoms with van der Waals surface area (Å²) in [7, 11) is 1.61. The number of nitrogens with one attached hydrogen (secondary N) is 1. The average molecular weight is 366 g/mol. The van der Waals surface area contributed by atoms with Gasteiger partial charge in [0.15, 0.2) is 0 Å². The Morgan fingerprint density at radius 2 is 2.23 bits per heavy atom. The normalized spacial score (nSPS) is 23.2. The van der Waals surface area contributed by atoms with Gasteiger partial charge in [-0.15, -0.1) is 11.8 Å². The molecule has 0 spiro atoms. The first-order chi connectivity index (χ1) is 12.6. The summed E-state index contributed by atoms with van der Waals surface area (Å²) in [5, 5.41) is 2.90. The van der Waals surface area contributed by atoms with Crippen LogP contribution < -0.4 is 10.1 Å². The molecule has 1 aliphatic heterocycles. The van der Waals surface area contributed by atoms with Gasteiger partial charge in [-0.3, -0.25) is 9.59 Å². The molecule has 3 aliphatic rings. The fourth-order valence-corrected chi connectivity index (χ4v) is 3.77. The van der Waals surface area contributed by atoms with Gasteiger partial charge in [-0.2, -0.15) is 0 Å². The third-order valence-electron chi connectivity index (χ3n) is 4.31. The maximum Gasteiger partial charge on any atom is 0.283 e. The van der Waals surface area contributed by atoms with Crippen LogP contribution in [0.4, 0.5) is 0 Å². The molecule has 1 atom stereocenters. The summed E-state index contributed by atoms with van der Waals surface area (Å²) in [6, 6.07) is 7.83. The number of benzene rings is 1. The summed E-state index contributed by atoms with van der Waals surface area (Å²) < 4.78 is 5.22. The van der Waals surface area contributed by atoms with Crippen LogP contribution in [0.1, 0.15) is 18.4 Å². The number of carbonyl (C=O) groups excluding carboxylic acids is 2. The van der Waals surface area contributed by atoms with Crippen molar-refractivity contribution in [2.45, 2.75) is 24.1 Å². The summed E-state index contributed by atoms with van der Waals surface area (Å²) in [6.45, 7) is 0. The molecule has 2 aliphatic carbocycles. The van der Waals surface area contributed by atoms with Crippen LogP contribution in [0.5, 0.6) is 5.75 Å². The first-order valence-electron chi connectivity index (χ1n) is 8.48. The van der Waals surface area contributed by atoms with Crippen molar-refractivity contribution >= 4 is 35.4 Å². The van der Waals surface area contributed by atoms with Crippen LogP contribution in [0.15, 0.2) is 58.0 Å². The number of aliphatic imine (C=N–C) groups is 1. The van der Waals surface area contributed by atoms with Crippen LogP contribution in [0.25, 0.3) is 6.08 Å². The molecule has 5 nitrogen and oxygen atoms in total. The molecule has 1 aromatic rings. The van der Waals surface area contributed by atoms with Crippen molar-refractivity contribution in [3.63, 3.8) is 0 Å². The predicted molar refractivity (Wildman–Crippen MR) is 103 cm³/mol. The molecule has 1 aromatic carbocycles. The van der Waals surface area contributed by atoms with Gasteiger partial charge in [0, 0.05) is 11.6 Å². The van der Waals surface area contributed by atoms with E-state index in [4.69, 9.17) is 4.74 Å². The average Bonchev–Trinajstić information content (AvgIpc) is 3.46. The third kappa shape index (κ3) is 3.65. The number of fused-ring (bicyclic) bond motifs is 1. The molecule has 132 valence electrons. The van der Waals surface area contributed by atoms with E-state index in [0.29, 0.717) is 22.2 Å². The molecule has 1 heterocycles. The number of amides is 2. The Labute approximate surface area is 155 Å². The zero-order valence-corrected chi connectivity index (χ0v) is 15.1. The van der Waals surface area contributed by atoms with Crippen molar-refractivity contribution in [2.75, 3.05) is 7.11 Å². The van der Waals surface area contributed by atoms with E-state index in [2.05, 4.69) is 10.3 Å². The lowest BCUT2D eigenvalue weighted by Crippen LogP contribution is -2.30. The topological polar surface area (TPSA) is 67.8 Å². The number of thioether (sulfide) groups is 1. The van der Waals surface area contributed by atoms with Crippen molar-refractivity contribution in [1.29, 1.82) is 0 Å². The van der Waals surface area contributed by atoms with E-state index < -0.39 is 0 Å². The Morgan fingerprint density at radius 3 is 3.00 bits per heavy atom. The maximum atomic E-state index is 12.4.